The number of urea groups is 1. The lowest BCUT2D eigenvalue weighted by Gasteiger charge is -2.16. The Morgan fingerprint density at radius 3 is 2.47 bits per heavy atom. The fourth-order valence-corrected chi connectivity index (χ4v) is 5.06. The highest BCUT2D eigenvalue weighted by atomic mass is 32.2. The normalized spacial score (nSPS) is 13.4. The van der Waals surface area contributed by atoms with Gasteiger partial charge in [-0.1, -0.05) is 50.1 Å². The summed E-state index contributed by atoms with van der Waals surface area (Å²) in [6, 6.07) is 21.3. The summed E-state index contributed by atoms with van der Waals surface area (Å²) in [7, 11) is 0. The molecule has 3 aromatic carbocycles. The first-order valence-corrected chi connectivity index (χ1v) is 13.6. The monoisotopic (exact) mass is 530 g/mol. The molecule has 1 aliphatic heterocycles. The molecular weight excluding hydrogens is 500 g/mol. The number of benzene rings is 3. The number of hydrogen-bond acceptors (Lipinski definition) is 5. The van der Waals surface area contributed by atoms with Gasteiger partial charge in [-0.25, -0.2) is 15.0 Å². The van der Waals surface area contributed by atoms with Crippen molar-refractivity contribution in [2.24, 2.45) is 5.10 Å². The third-order valence-electron chi connectivity index (χ3n) is 6.11. The summed E-state index contributed by atoms with van der Waals surface area (Å²) in [6.07, 6.45) is 3.72. The molecule has 196 valence electrons. The zero-order valence-corrected chi connectivity index (χ0v) is 22.0. The van der Waals surface area contributed by atoms with Gasteiger partial charge in [0.25, 0.3) is 5.91 Å². The number of anilines is 2. The number of aryl methyl sites for hydroxylation is 1. The molecular formula is C29H30N4O4S. The standard InChI is InChI=1S/C29H30N4O4S/c1-2-3-7-17-33-25-15-14-23(38-18-16-20-10-12-21(13-11-20)28(35)36)19-24(25)26(27(33)34)31-32-29(37)30-22-8-5-4-6-9-22/h4-6,8-15,19H,2-3,7,16-18H2,1H3,(H,35,36)(H2,30,32,37)/b31-26-. The predicted octanol–water partition coefficient (Wildman–Crippen LogP) is 5.78. The number of nitrogens with one attached hydrogen (secondary N) is 2. The average Bonchev–Trinajstić information content (AvgIpc) is 3.18. The molecule has 3 amide bonds. The number of amides is 3. The Labute approximate surface area is 226 Å². The first kappa shape index (κ1) is 26.9. The largest absolute Gasteiger partial charge is 0.478 e. The van der Waals surface area contributed by atoms with Crippen LogP contribution in [-0.2, 0) is 11.2 Å². The van der Waals surface area contributed by atoms with Crippen LogP contribution in [0.2, 0.25) is 0 Å². The Balaban J connectivity index is 1.47. The highest BCUT2D eigenvalue weighted by Gasteiger charge is 2.34. The van der Waals surface area contributed by atoms with Crippen LogP contribution in [0.5, 0.6) is 0 Å². The van der Waals surface area contributed by atoms with Crippen LogP contribution in [0.3, 0.4) is 0 Å². The van der Waals surface area contributed by atoms with Gasteiger partial charge in [0.05, 0.1) is 11.3 Å². The van der Waals surface area contributed by atoms with Crippen LogP contribution in [-0.4, -0.2) is 41.0 Å². The van der Waals surface area contributed by atoms with E-state index in [0.29, 0.717) is 17.8 Å². The molecule has 9 heteroatoms. The van der Waals surface area contributed by atoms with E-state index in [1.807, 2.05) is 48.5 Å². The lowest BCUT2D eigenvalue weighted by molar-refractivity contribution is -0.112. The number of carbonyl (C=O) groups excluding carboxylic acids is 2. The summed E-state index contributed by atoms with van der Waals surface area (Å²) in [5.41, 5.74) is 6.12. The van der Waals surface area contributed by atoms with Crippen LogP contribution >= 0.6 is 11.8 Å². The van der Waals surface area contributed by atoms with Crippen molar-refractivity contribution < 1.29 is 19.5 Å². The summed E-state index contributed by atoms with van der Waals surface area (Å²) in [5, 5.41) is 16.0. The number of carboxylic acid groups (broad SMARTS) is 1. The summed E-state index contributed by atoms with van der Waals surface area (Å²) in [5.74, 6) is -0.382. The Bertz CT molecular complexity index is 1330. The number of hydrogen-bond donors (Lipinski definition) is 3. The first-order chi connectivity index (χ1) is 18.5. The molecule has 1 heterocycles. The Hall–Kier alpha value is -4.11. The van der Waals surface area contributed by atoms with Crippen molar-refractivity contribution in [1.82, 2.24) is 5.43 Å². The maximum Gasteiger partial charge on any atom is 0.339 e. The molecule has 0 fully saturated rings. The molecule has 38 heavy (non-hydrogen) atoms. The van der Waals surface area contributed by atoms with E-state index < -0.39 is 12.0 Å². The highest BCUT2D eigenvalue weighted by Crippen LogP contribution is 2.33. The van der Waals surface area contributed by atoms with Crippen molar-refractivity contribution in [3.8, 4) is 0 Å². The minimum absolute atomic E-state index is 0.214. The smallest absolute Gasteiger partial charge is 0.339 e. The van der Waals surface area contributed by atoms with Crippen molar-refractivity contribution >= 4 is 46.8 Å². The van der Waals surface area contributed by atoms with Crippen LogP contribution in [0.25, 0.3) is 0 Å². The Kier molecular flexibility index (Phi) is 9.16. The van der Waals surface area contributed by atoms with Gasteiger partial charge in [-0.2, -0.15) is 5.10 Å². The minimum atomic E-state index is -0.938. The number of unbranched alkanes of at least 4 members (excludes halogenated alkanes) is 2. The molecule has 0 spiro atoms. The number of carbonyl (C=O) groups is 3. The van der Waals surface area contributed by atoms with Crippen LogP contribution in [0.15, 0.2) is 82.8 Å². The number of hydrazone groups is 1. The van der Waals surface area contributed by atoms with Gasteiger partial charge in [0.2, 0.25) is 0 Å². The van der Waals surface area contributed by atoms with Crippen LogP contribution in [0, 0.1) is 0 Å². The molecule has 8 nitrogen and oxygen atoms in total. The lowest BCUT2D eigenvalue weighted by Crippen LogP contribution is -2.33. The topological polar surface area (TPSA) is 111 Å². The van der Waals surface area contributed by atoms with Crippen molar-refractivity contribution in [1.29, 1.82) is 0 Å². The molecule has 0 saturated carbocycles. The van der Waals surface area contributed by atoms with Gasteiger partial charge in [-0.05, 0) is 60.9 Å². The second kappa shape index (κ2) is 12.9. The van der Waals surface area contributed by atoms with Gasteiger partial charge in [0.1, 0.15) is 0 Å². The zero-order chi connectivity index (χ0) is 26.9. The number of thioether (sulfide) groups is 1. The number of aromatic carboxylic acids is 1. The van der Waals surface area contributed by atoms with Gasteiger partial charge >= 0.3 is 12.0 Å². The molecule has 0 unspecified atom stereocenters. The third kappa shape index (κ3) is 6.80. The summed E-state index contributed by atoms with van der Waals surface area (Å²) < 4.78 is 0. The van der Waals surface area contributed by atoms with Crippen molar-refractivity contribution in [2.45, 2.75) is 37.5 Å². The molecule has 0 radical (unpaired) electrons. The molecule has 1 aliphatic rings. The Morgan fingerprint density at radius 1 is 1.00 bits per heavy atom. The van der Waals surface area contributed by atoms with E-state index in [1.165, 1.54) is 0 Å². The average molecular weight is 531 g/mol. The first-order valence-electron chi connectivity index (χ1n) is 12.6. The maximum absolute atomic E-state index is 13.3. The third-order valence-corrected chi connectivity index (χ3v) is 7.10. The molecule has 4 rings (SSSR count). The van der Waals surface area contributed by atoms with Crippen LogP contribution in [0.4, 0.5) is 16.2 Å². The molecule has 3 aromatic rings. The lowest BCUT2D eigenvalue weighted by atomic mass is 10.1. The summed E-state index contributed by atoms with van der Waals surface area (Å²) >= 11 is 1.64. The number of rotatable bonds is 11. The second-order valence-electron chi connectivity index (χ2n) is 8.84. The Morgan fingerprint density at radius 2 is 1.76 bits per heavy atom. The number of para-hydroxylation sites is 1. The van der Waals surface area contributed by atoms with Gasteiger partial charge in [0.15, 0.2) is 5.71 Å². The van der Waals surface area contributed by atoms with Gasteiger partial charge in [-0.3, -0.25) is 4.79 Å². The van der Waals surface area contributed by atoms with E-state index >= 15 is 0 Å². The molecule has 0 saturated heterocycles. The van der Waals surface area contributed by atoms with E-state index in [9.17, 15) is 14.4 Å². The fourth-order valence-electron chi connectivity index (χ4n) is 4.12. The predicted molar refractivity (Wildman–Crippen MR) is 151 cm³/mol. The van der Waals surface area contributed by atoms with E-state index in [1.54, 1.807) is 40.9 Å². The molecule has 0 bridgehead atoms. The number of carboxylic acids is 1. The van der Waals surface area contributed by atoms with E-state index in [4.69, 9.17) is 5.11 Å². The second-order valence-corrected chi connectivity index (χ2v) is 10.0. The van der Waals surface area contributed by atoms with Crippen molar-refractivity contribution in [2.75, 3.05) is 22.5 Å². The summed E-state index contributed by atoms with van der Waals surface area (Å²) in [6.45, 7) is 2.71. The highest BCUT2D eigenvalue weighted by molar-refractivity contribution is 7.99. The van der Waals surface area contributed by atoms with Crippen molar-refractivity contribution in [3.63, 3.8) is 0 Å². The van der Waals surface area contributed by atoms with Crippen LogP contribution < -0.4 is 15.6 Å². The van der Waals surface area contributed by atoms with E-state index in [-0.39, 0.29) is 17.2 Å². The molecule has 0 aliphatic carbocycles. The van der Waals surface area contributed by atoms with Gasteiger partial charge in [-0.15, -0.1) is 11.8 Å². The van der Waals surface area contributed by atoms with Crippen LogP contribution in [0.1, 0.15) is 47.7 Å². The maximum atomic E-state index is 13.3. The number of fused-ring (bicyclic) bond motifs is 1. The van der Waals surface area contributed by atoms with Gasteiger partial charge in [0, 0.05) is 28.4 Å². The zero-order valence-electron chi connectivity index (χ0n) is 21.1. The van der Waals surface area contributed by atoms with Gasteiger partial charge < -0.3 is 15.3 Å². The molecule has 3 N–H and O–H groups in total. The SMILES string of the molecule is CCCCCN1C(=O)/C(=N\NC(=O)Nc2ccccc2)c2cc(SCCc3ccc(C(=O)O)cc3)ccc21. The molecule has 0 aromatic heterocycles. The van der Waals surface area contributed by atoms with E-state index in [0.717, 1.165) is 47.6 Å². The number of nitrogens with zero attached hydrogens (tertiary/aromatic N) is 2. The van der Waals surface area contributed by atoms with E-state index in [2.05, 4.69) is 22.8 Å². The minimum Gasteiger partial charge on any atom is -0.478 e. The quantitative estimate of drug-likeness (QED) is 0.165. The summed E-state index contributed by atoms with van der Waals surface area (Å²) in [4.78, 5) is 39.4. The fraction of sp³-hybridized carbons (Fsp3) is 0.241. The molecule has 0 atom stereocenters. The van der Waals surface area contributed by atoms with Crippen molar-refractivity contribution in [3.05, 3.63) is 89.5 Å².